The first-order valence-corrected chi connectivity index (χ1v) is 4.06. The molecule has 0 fully saturated rings. The van der Waals surface area contributed by atoms with Gasteiger partial charge < -0.3 is 4.74 Å². The molecule has 0 spiro atoms. The highest BCUT2D eigenvalue weighted by Gasteiger charge is 1.97. The molecule has 0 aliphatic heterocycles. The molecule has 0 N–H and O–H groups in total. The lowest BCUT2D eigenvalue weighted by Crippen LogP contribution is -1.90. The second-order valence-electron chi connectivity index (χ2n) is 2.37. The molecule has 0 saturated carbocycles. The van der Waals surface area contributed by atoms with Crippen LogP contribution >= 0.6 is 0 Å². The Morgan fingerprint density at radius 3 is 2.58 bits per heavy atom. The van der Waals surface area contributed by atoms with Gasteiger partial charge in [0.05, 0.1) is 6.61 Å². The zero-order chi connectivity index (χ0) is 8.81. The summed E-state index contributed by atoms with van der Waals surface area (Å²) in [5.74, 6) is 0.845. The van der Waals surface area contributed by atoms with Crippen molar-refractivity contribution in [2.75, 3.05) is 6.61 Å². The average Bonchev–Trinajstić information content (AvgIpc) is 2.15. The highest BCUT2D eigenvalue weighted by Crippen LogP contribution is 2.14. The standard InChI is InChI=1S/C11H13O/c1-3-11(12-4-2)10-8-6-5-7-9-10/h3,5-9H,1,4H2,2H3. The van der Waals surface area contributed by atoms with Gasteiger partial charge >= 0.3 is 0 Å². The monoisotopic (exact) mass is 161 g/mol. The van der Waals surface area contributed by atoms with Crippen LogP contribution in [0.4, 0.5) is 0 Å². The molecule has 63 valence electrons. The Morgan fingerprint density at radius 1 is 1.42 bits per heavy atom. The Bertz CT molecular complexity index is 249. The van der Waals surface area contributed by atoms with Crippen molar-refractivity contribution in [2.45, 2.75) is 6.92 Å². The van der Waals surface area contributed by atoms with Gasteiger partial charge in [0, 0.05) is 5.56 Å². The van der Waals surface area contributed by atoms with Gasteiger partial charge in [-0.1, -0.05) is 30.3 Å². The van der Waals surface area contributed by atoms with Crippen LogP contribution < -0.4 is 0 Å². The average molecular weight is 161 g/mol. The minimum absolute atomic E-state index is 0.677. The molecule has 0 aliphatic carbocycles. The third-order valence-corrected chi connectivity index (χ3v) is 1.54. The van der Waals surface area contributed by atoms with E-state index in [1.165, 1.54) is 0 Å². The molecule has 0 aliphatic rings. The smallest absolute Gasteiger partial charge is 0.122 e. The van der Waals surface area contributed by atoms with Crippen molar-refractivity contribution in [3.05, 3.63) is 48.9 Å². The van der Waals surface area contributed by atoms with Crippen LogP contribution in [0.25, 0.3) is 5.76 Å². The van der Waals surface area contributed by atoms with E-state index in [0.29, 0.717) is 6.61 Å². The molecule has 12 heavy (non-hydrogen) atoms. The van der Waals surface area contributed by atoms with E-state index in [4.69, 9.17) is 4.74 Å². The minimum Gasteiger partial charge on any atom is -0.494 e. The molecule has 1 nitrogen and oxygen atoms in total. The molecule has 0 amide bonds. The fraction of sp³-hybridized carbons (Fsp3) is 0.182. The zero-order valence-electron chi connectivity index (χ0n) is 7.29. The van der Waals surface area contributed by atoms with E-state index in [-0.39, 0.29) is 0 Å². The second kappa shape index (κ2) is 4.60. The van der Waals surface area contributed by atoms with E-state index in [1.54, 1.807) is 6.08 Å². The first kappa shape index (κ1) is 8.85. The topological polar surface area (TPSA) is 9.23 Å². The van der Waals surface area contributed by atoms with Gasteiger partial charge in [-0.2, -0.15) is 0 Å². The van der Waals surface area contributed by atoms with Crippen LogP contribution in [0.15, 0.2) is 36.4 Å². The molecule has 0 atom stereocenters. The van der Waals surface area contributed by atoms with Crippen molar-refractivity contribution in [1.82, 2.24) is 0 Å². The maximum absolute atomic E-state index is 5.38. The van der Waals surface area contributed by atoms with E-state index < -0.39 is 0 Å². The second-order valence-corrected chi connectivity index (χ2v) is 2.37. The summed E-state index contributed by atoms with van der Waals surface area (Å²) in [5.41, 5.74) is 1.08. The highest BCUT2D eigenvalue weighted by atomic mass is 16.5. The van der Waals surface area contributed by atoms with Crippen LogP contribution in [0.5, 0.6) is 0 Å². The van der Waals surface area contributed by atoms with Crippen LogP contribution in [0.3, 0.4) is 0 Å². The largest absolute Gasteiger partial charge is 0.494 e. The Balaban J connectivity index is 2.82. The van der Waals surface area contributed by atoms with Crippen LogP contribution in [-0.4, -0.2) is 6.61 Å². The van der Waals surface area contributed by atoms with Crippen LogP contribution in [-0.2, 0) is 4.74 Å². The summed E-state index contributed by atoms with van der Waals surface area (Å²) in [6.07, 6.45) is 1.73. The normalized spacial score (nSPS) is 11.3. The van der Waals surface area contributed by atoms with Crippen molar-refractivity contribution >= 4 is 5.76 Å². The Kier molecular flexibility index (Phi) is 3.39. The van der Waals surface area contributed by atoms with Crippen LogP contribution in [0.1, 0.15) is 12.5 Å². The van der Waals surface area contributed by atoms with Crippen LogP contribution in [0, 0.1) is 6.92 Å². The Hall–Kier alpha value is -1.24. The lowest BCUT2D eigenvalue weighted by Gasteiger charge is -2.06. The summed E-state index contributed by atoms with van der Waals surface area (Å²) in [6.45, 7) is 6.34. The fourth-order valence-electron chi connectivity index (χ4n) is 1.02. The van der Waals surface area contributed by atoms with E-state index >= 15 is 0 Å². The van der Waals surface area contributed by atoms with Gasteiger partial charge in [0.15, 0.2) is 0 Å². The maximum Gasteiger partial charge on any atom is 0.122 e. The van der Waals surface area contributed by atoms with E-state index in [2.05, 4.69) is 6.92 Å². The summed E-state index contributed by atoms with van der Waals surface area (Å²) in [4.78, 5) is 0. The fourth-order valence-corrected chi connectivity index (χ4v) is 1.02. The summed E-state index contributed by atoms with van der Waals surface area (Å²) >= 11 is 0. The molecule has 0 bridgehead atoms. The number of ether oxygens (including phenoxy) is 1. The summed E-state index contributed by atoms with van der Waals surface area (Å²) < 4.78 is 5.38. The van der Waals surface area contributed by atoms with Gasteiger partial charge in [0.1, 0.15) is 5.76 Å². The van der Waals surface area contributed by atoms with Gasteiger partial charge in [-0.05, 0) is 19.9 Å². The molecule has 1 aromatic carbocycles. The van der Waals surface area contributed by atoms with Crippen molar-refractivity contribution in [3.63, 3.8) is 0 Å². The molecule has 0 aromatic heterocycles. The summed E-state index contributed by atoms with van der Waals surface area (Å²) in [5, 5.41) is 0. The molecule has 0 unspecified atom stereocenters. The third-order valence-electron chi connectivity index (χ3n) is 1.54. The Labute approximate surface area is 73.7 Å². The molecule has 1 aromatic rings. The first-order valence-electron chi connectivity index (χ1n) is 4.06. The molecule has 0 saturated heterocycles. The van der Waals surface area contributed by atoms with Gasteiger partial charge in [-0.15, -0.1) is 0 Å². The van der Waals surface area contributed by atoms with E-state index in [9.17, 15) is 0 Å². The number of hydrogen-bond acceptors (Lipinski definition) is 1. The van der Waals surface area contributed by atoms with Crippen molar-refractivity contribution in [1.29, 1.82) is 0 Å². The van der Waals surface area contributed by atoms with Gasteiger partial charge in [0.2, 0.25) is 0 Å². The minimum atomic E-state index is 0.677. The maximum atomic E-state index is 5.38. The highest BCUT2D eigenvalue weighted by molar-refractivity contribution is 5.59. The predicted molar refractivity (Wildman–Crippen MR) is 51.4 cm³/mol. The Morgan fingerprint density at radius 2 is 2.08 bits per heavy atom. The van der Waals surface area contributed by atoms with Gasteiger partial charge in [0.25, 0.3) is 0 Å². The van der Waals surface area contributed by atoms with E-state index in [0.717, 1.165) is 11.3 Å². The van der Waals surface area contributed by atoms with E-state index in [1.807, 2.05) is 37.3 Å². The number of rotatable bonds is 3. The molecule has 1 rings (SSSR count). The quantitative estimate of drug-likeness (QED) is 0.619. The number of hydrogen-bond donors (Lipinski definition) is 0. The van der Waals surface area contributed by atoms with Crippen molar-refractivity contribution in [2.24, 2.45) is 0 Å². The van der Waals surface area contributed by atoms with Crippen LogP contribution in [0.2, 0.25) is 0 Å². The first-order chi connectivity index (χ1) is 5.88. The lowest BCUT2D eigenvalue weighted by molar-refractivity contribution is 0.298. The summed E-state index contributed by atoms with van der Waals surface area (Å²) in [7, 11) is 0. The molecular weight excluding hydrogens is 148 g/mol. The molecule has 0 heterocycles. The van der Waals surface area contributed by atoms with Gasteiger partial charge in [-0.3, -0.25) is 0 Å². The van der Waals surface area contributed by atoms with Gasteiger partial charge in [-0.25, -0.2) is 0 Å². The third kappa shape index (κ3) is 2.12. The summed E-state index contributed by atoms with van der Waals surface area (Å²) in [6, 6.07) is 9.96. The molecule has 1 heteroatoms. The lowest BCUT2D eigenvalue weighted by atomic mass is 10.2. The molecule has 1 radical (unpaired) electrons. The SMILES string of the molecule is [CH2]C=C(OCC)c1ccccc1. The number of allylic oxidation sites excluding steroid dienone is 1. The van der Waals surface area contributed by atoms with Crippen molar-refractivity contribution in [3.8, 4) is 0 Å². The zero-order valence-corrected chi connectivity index (χ0v) is 7.29. The number of benzene rings is 1. The molecular formula is C11H13O. The van der Waals surface area contributed by atoms with Crippen molar-refractivity contribution < 1.29 is 4.74 Å². The predicted octanol–water partition coefficient (Wildman–Crippen LogP) is 2.90.